The third kappa shape index (κ3) is 3.63. The lowest BCUT2D eigenvalue weighted by molar-refractivity contribution is -0.140. The molecule has 0 spiro atoms. The summed E-state index contributed by atoms with van der Waals surface area (Å²) in [5.74, 6) is -0.297. The molecule has 0 aliphatic carbocycles. The quantitative estimate of drug-likeness (QED) is 0.330. The third-order valence-electron chi connectivity index (χ3n) is 2.22. The Kier molecular flexibility index (Phi) is 4.89. The molecular formula is C11H13N3O2. The molecule has 5 nitrogen and oxygen atoms in total. The van der Waals surface area contributed by atoms with Crippen molar-refractivity contribution < 1.29 is 9.53 Å². The van der Waals surface area contributed by atoms with Crippen molar-refractivity contribution in [3.8, 4) is 0 Å². The summed E-state index contributed by atoms with van der Waals surface area (Å²) in [4.78, 5) is 13.8. The highest BCUT2D eigenvalue weighted by atomic mass is 16.5. The summed E-state index contributed by atoms with van der Waals surface area (Å²) < 4.78 is 4.54. The predicted molar refractivity (Wildman–Crippen MR) is 59.6 cm³/mol. The first-order chi connectivity index (χ1) is 7.77. The number of benzene rings is 1. The lowest BCUT2D eigenvalue weighted by atomic mass is 10.0. The molecular weight excluding hydrogens is 206 g/mol. The second-order valence-electron chi connectivity index (χ2n) is 3.25. The largest absolute Gasteiger partial charge is 0.469 e. The van der Waals surface area contributed by atoms with E-state index < -0.39 is 0 Å². The van der Waals surface area contributed by atoms with Gasteiger partial charge in [0.2, 0.25) is 0 Å². The molecule has 0 aliphatic heterocycles. The fourth-order valence-electron chi connectivity index (χ4n) is 1.39. The maximum Gasteiger partial charge on any atom is 0.305 e. The van der Waals surface area contributed by atoms with Gasteiger partial charge in [-0.05, 0) is 17.5 Å². The van der Waals surface area contributed by atoms with Crippen molar-refractivity contribution in [2.45, 2.75) is 18.9 Å². The van der Waals surface area contributed by atoms with E-state index in [1.165, 1.54) is 7.11 Å². The van der Waals surface area contributed by atoms with Crippen LogP contribution in [0.3, 0.4) is 0 Å². The number of azide groups is 1. The standard InChI is InChI=1S/C11H13N3O2/c1-16-11(15)8-7-10(13-14-12)9-5-3-2-4-6-9/h2-6,10H,7-8H2,1H3/t10-/m0/s1. The lowest BCUT2D eigenvalue weighted by Gasteiger charge is -2.10. The van der Waals surface area contributed by atoms with E-state index in [1.807, 2.05) is 30.3 Å². The van der Waals surface area contributed by atoms with E-state index in [1.54, 1.807) is 0 Å². The molecule has 0 heterocycles. The number of nitrogens with zero attached hydrogens (tertiary/aromatic N) is 3. The number of hydrogen-bond donors (Lipinski definition) is 0. The molecule has 0 aromatic heterocycles. The van der Waals surface area contributed by atoms with Gasteiger partial charge in [0.15, 0.2) is 0 Å². The van der Waals surface area contributed by atoms with Crippen molar-refractivity contribution in [2.24, 2.45) is 5.11 Å². The van der Waals surface area contributed by atoms with Crippen LogP contribution in [0.1, 0.15) is 24.4 Å². The SMILES string of the molecule is COC(=O)CC[C@H](N=[N+]=[N-])c1ccccc1. The molecule has 1 aromatic carbocycles. The second kappa shape index (κ2) is 6.48. The maximum absolute atomic E-state index is 11.0. The van der Waals surface area contributed by atoms with Crippen LogP contribution >= 0.6 is 0 Å². The molecule has 0 fully saturated rings. The summed E-state index contributed by atoms with van der Waals surface area (Å²) in [6.45, 7) is 0. The summed E-state index contributed by atoms with van der Waals surface area (Å²) in [7, 11) is 1.34. The zero-order chi connectivity index (χ0) is 11.8. The fourth-order valence-corrected chi connectivity index (χ4v) is 1.39. The van der Waals surface area contributed by atoms with Gasteiger partial charge in [-0.25, -0.2) is 0 Å². The molecule has 0 N–H and O–H groups in total. The average molecular weight is 219 g/mol. The molecule has 0 saturated heterocycles. The molecule has 84 valence electrons. The Labute approximate surface area is 93.7 Å². The molecule has 5 heteroatoms. The Morgan fingerprint density at radius 2 is 2.19 bits per heavy atom. The van der Waals surface area contributed by atoms with Crippen molar-refractivity contribution in [1.29, 1.82) is 0 Å². The van der Waals surface area contributed by atoms with Crippen LogP contribution in [0.5, 0.6) is 0 Å². The number of carbonyl (C=O) groups is 1. The first-order valence-electron chi connectivity index (χ1n) is 4.94. The number of carbonyl (C=O) groups excluding carboxylic acids is 1. The normalized spacial score (nSPS) is 11.3. The minimum absolute atomic E-state index is 0.245. The van der Waals surface area contributed by atoms with Crippen LogP contribution in [0, 0.1) is 0 Å². The number of methoxy groups -OCH3 is 1. The van der Waals surface area contributed by atoms with E-state index in [0.29, 0.717) is 6.42 Å². The van der Waals surface area contributed by atoms with E-state index in [2.05, 4.69) is 14.8 Å². The van der Waals surface area contributed by atoms with Gasteiger partial charge >= 0.3 is 5.97 Å². The number of esters is 1. The highest BCUT2D eigenvalue weighted by Crippen LogP contribution is 2.22. The zero-order valence-electron chi connectivity index (χ0n) is 9.04. The van der Waals surface area contributed by atoms with E-state index in [9.17, 15) is 4.79 Å². The molecule has 0 aliphatic rings. The summed E-state index contributed by atoms with van der Waals surface area (Å²) in [5, 5.41) is 3.67. The van der Waals surface area contributed by atoms with Crippen LogP contribution in [0.4, 0.5) is 0 Å². The summed E-state index contributed by atoms with van der Waals surface area (Å²) in [5.41, 5.74) is 9.37. The molecule has 1 rings (SSSR count). The first kappa shape index (κ1) is 12.1. The molecule has 1 aromatic rings. The Hall–Kier alpha value is -2.00. The van der Waals surface area contributed by atoms with Crippen molar-refractivity contribution in [3.63, 3.8) is 0 Å². The zero-order valence-corrected chi connectivity index (χ0v) is 9.04. The predicted octanol–water partition coefficient (Wildman–Crippen LogP) is 2.99. The van der Waals surface area contributed by atoms with Crippen molar-refractivity contribution >= 4 is 5.97 Å². The average Bonchev–Trinajstić information content (AvgIpc) is 2.35. The Bertz CT molecular complexity index is 385. The highest BCUT2D eigenvalue weighted by molar-refractivity contribution is 5.69. The Morgan fingerprint density at radius 1 is 1.50 bits per heavy atom. The van der Waals surface area contributed by atoms with Gasteiger partial charge < -0.3 is 4.74 Å². The second-order valence-corrected chi connectivity index (χ2v) is 3.25. The fraction of sp³-hybridized carbons (Fsp3) is 0.364. The third-order valence-corrected chi connectivity index (χ3v) is 2.22. The Morgan fingerprint density at radius 3 is 2.75 bits per heavy atom. The molecule has 0 saturated carbocycles. The van der Waals surface area contributed by atoms with Gasteiger partial charge in [0.1, 0.15) is 0 Å². The van der Waals surface area contributed by atoms with Gasteiger partial charge in [-0.15, -0.1) is 0 Å². The van der Waals surface area contributed by atoms with Crippen LogP contribution in [0.2, 0.25) is 0 Å². The molecule has 16 heavy (non-hydrogen) atoms. The highest BCUT2D eigenvalue weighted by Gasteiger charge is 2.11. The molecule has 0 unspecified atom stereocenters. The van der Waals surface area contributed by atoms with E-state index >= 15 is 0 Å². The molecule has 0 bridgehead atoms. The smallest absolute Gasteiger partial charge is 0.305 e. The number of hydrogen-bond acceptors (Lipinski definition) is 3. The van der Waals surface area contributed by atoms with Gasteiger partial charge in [-0.2, -0.15) is 0 Å². The van der Waals surface area contributed by atoms with Gasteiger partial charge in [0.25, 0.3) is 0 Å². The van der Waals surface area contributed by atoms with Gasteiger partial charge in [0, 0.05) is 11.3 Å². The van der Waals surface area contributed by atoms with Crippen molar-refractivity contribution in [2.75, 3.05) is 7.11 Å². The van der Waals surface area contributed by atoms with Gasteiger partial charge in [-0.1, -0.05) is 35.4 Å². The Balaban J connectivity index is 2.69. The minimum atomic E-state index is -0.315. The van der Waals surface area contributed by atoms with Crippen LogP contribution in [0.15, 0.2) is 35.4 Å². The monoisotopic (exact) mass is 219 g/mol. The first-order valence-corrected chi connectivity index (χ1v) is 4.94. The summed E-state index contributed by atoms with van der Waals surface area (Å²) in [6.07, 6.45) is 0.704. The maximum atomic E-state index is 11.0. The van der Waals surface area contributed by atoms with Crippen LogP contribution < -0.4 is 0 Å². The lowest BCUT2D eigenvalue weighted by Crippen LogP contribution is -2.03. The van der Waals surface area contributed by atoms with Crippen LogP contribution in [0.25, 0.3) is 10.4 Å². The topological polar surface area (TPSA) is 75.1 Å². The van der Waals surface area contributed by atoms with Gasteiger partial charge in [-0.3, -0.25) is 4.79 Å². The minimum Gasteiger partial charge on any atom is -0.469 e. The van der Waals surface area contributed by atoms with Crippen LogP contribution in [-0.4, -0.2) is 13.1 Å². The number of ether oxygens (including phenoxy) is 1. The summed E-state index contributed by atoms with van der Waals surface area (Å²) in [6, 6.07) is 9.05. The van der Waals surface area contributed by atoms with E-state index in [4.69, 9.17) is 5.53 Å². The summed E-state index contributed by atoms with van der Waals surface area (Å²) >= 11 is 0. The molecule has 0 radical (unpaired) electrons. The van der Waals surface area contributed by atoms with E-state index in [0.717, 1.165) is 5.56 Å². The molecule has 1 atom stereocenters. The van der Waals surface area contributed by atoms with Crippen LogP contribution in [-0.2, 0) is 9.53 Å². The number of rotatable bonds is 5. The van der Waals surface area contributed by atoms with Gasteiger partial charge in [0.05, 0.1) is 13.2 Å². The van der Waals surface area contributed by atoms with E-state index in [-0.39, 0.29) is 18.4 Å². The molecule has 0 amide bonds. The van der Waals surface area contributed by atoms with Crippen molar-refractivity contribution in [1.82, 2.24) is 0 Å². The van der Waals surface area contributed by atoms with Crippen molar-refractivity contribution in [3.05, 3.63) is 46.3 Å².